The van der Waals surface area contributed by atoms with E-state index in [0.717, 1.165) is 30.8 Å². The van der Waals surface area contributed by atoms with Crippen LogP contribution >= 0.6 is 0 Å². The van der Waals surface area contributed by atoms with Gasteiger partial charge in [0.15, 0.2) is 0 Å². The van der Waals surface area contributed by atoms with Gasteiger partial charge >= 0.3 is 0 Å². The van der Waals surface area contributed by atoms with E-state index in [1.807, 2.05) is 47.5 Å². The fourth-order valence-electron chi connectivity index (χ4n) is 4.53. The Labute approximate surface area is 205 Å². The van der Waals surface area contributed by atoms with Crippen LogP contribution in [-0.4, -0.2) is 74.1 Å². The third kappa shape index (κ3) is 4.94. The molecule has 1 amide bonds. The van der Waals surface area contributed by atoms with E-state index >= 15 is 0 Å². The predicted octanol–water partition coefficient (Wildman–Crippen LogP) is 2.63. The quantitative estimate of drug-likeness (QED) is 0.549. The van der Waals surface area contributed by atoms with Crippen molar-refractivity contribution >= 4 is 33.4 Å². The third-order valence-corrected chi connectivity index (χ3v) is 7.80. The number of sulfonamides is 1. The molecule has 3 heterocycles. The van der Waals surface area contributed by atoms with Crippen LogP contribution in [0.1, 0.15) is 21.5 Å². The number of fused-ring (bicyclic) bond motifs is 1. The molecule has 0 saturated carbocycles. The van der Waals surface area contributed by atoms with E-state index < -0.39 is 10.0 Å². The lowest BCUT2D eigenvalue weighted by Crippen LogP contribution is -2.48. The van der Waals surface area contributed by atoms with Crippen LogP contribution in [0.2, 0.25) is 0 Å². The number of rotatable bonds is 6. The van der Waals surface area contributed by atoms with Crippen molar-refractivity contribution in [2.75, 3.05) is 49.4 Å². The second-order valence-electron chi connectivity index (χ2n) is 8.83. The van der Waals surface area contributed by atoms with Gasteiger partial charge in [0.2, 0.25) is 0 Å². The molecule has 1 fully saturated rings. The first-order valence-electron chi connectivity index (χ1n) is 11.5. The number of nitrogens with zero attached hydrogens (tertiary/aromatic N) is 4. The summed E-state index contributed by atoms with van der Waals surface area (Å²) < 4.78 is 29.0. The monoisotopic (exact) mass is 492 g/mol. The Morgan fingerprint density at radius 3 is 2.57 bits per heavy atom. The molecule has 2 aromatic carbocycles. The molecule has 9 nitrogen and oxygen atoms in total. The van der Waals surface area contributed by atoms with Crippen LogP contribution in [0.3, 0.4) is 0 Å². The zero-order valence-corrected chi connectivity index (χ0v) is 20.3. The van der Waals surface area contributed by atoms with Gasteiger partial charge in [0.1, 0.15) is 4.90 Å². The zero-order chi connectivity index (χ0) is 24.4. The molecule has 0 bridgehead atoms. The van der Waals surface area contributed by atoms with Gasteiger partial charge in [0, 0.05) is 69.3 Å². The van der Waals surface area contributed by atoms with E-state index in [2.05, 4.69) is 19.8 Å². The van der Waals surface area contributed by atoms with Crippen LogP contribution in [0.25, 0.3) is 6.08 Å². The van der Waals surface area contributed by atoms with Crippen molar-refractivity contribution in [1.29, 1.82) is 0 Å². The van der Waals surface area contributed by atoms with Crippen LogP contribution in [0.5, 0.6) is 0 Å². The van der Waals surface area contributed by atoms with Crippen LogP contribution < -0.4 is 9.62 Å². The number of piperazine rings is 1. The highest BCUT2D eigenvalue weighted by Gasteiger charge is 2.25. The Kier molecular flexibility index (Phi) is 6.31. The first kappa shape index (κ1) is 23.1. The lowest BCUT2D eigenvalue weighted by atomic mass is 10.1. The molecule has 1 aromatic heterocycles. The first-order valence-corrected chi connectivity index (χ1v) is 13.0. The molecule has 182 valence electrons. The van der Waals surface area contributed by atoms with Crippen LogP contribution in [-0.2, 0) is 16.6 Å². The summed E-state index contributed by atoms with van der Waals surface area (Å²) in [5, 5.41) is 6.80. The van der Waals surface area contributed by atoms with Crippen molar-refractivity contribution in [3.8, 4) is 0 Å². The highest BCUT2D eigenvalue weighted by Crippen LogP contribution is 2.33. The number of likely N-dealkylation sites (N-methyl/N-ethyl adjacent to an activating group) is 1. The number of aromatic nitrogens is 2. The van der Waals surface area contributed by atoms with Crippen molar-refractivity contribution in [1.82, 2.24) is 20.0 Å². The van der Waals surface area contributed by atoms with E-state index in [0.29, 0.717) is 36.6 Å². The molecule has 2 N–H and O–H groups in total. The van der Waals surface area contributed by atoms with E-state index in [1.54, 1.807) is 36.4 Å². The van der Waals surface area contributed by atoms with Crippen molar-refractivity contribution in [2.24, 2.45) is 0 Å². The Morgan fingerprint density at radius 1 is 1.09 bits per heavy atom. The lowest BCUT2D eigenvalue weighted by Gasteiger charge is -2.34. The largest absolute Gasteiger partial charge is 0.369 e. The minimum absolute atomic E-state index is 0.0482. The van der Waals surface area contributed by atoms with Crippen molar-refractivity contribution in [2.45, 2.75) is 11.4 Å². The van der Waals surface area contributed by atoms with E-state index in [-0.39, 0.29) is 10.8 Å². The summed E-state index contributed by atoms with van der Waals surface area (Å²) in [5.41, 5.74) is 3.63. The minimum Gasteiger partial charge on any atom is -0.369 e. The van der Waals surface area contributed by atoms with Crippen LogP contribution in [0.15, 0.2) is 65.8 Å². The summed E-state index contributed by atoms with van der Waals surface area (Å²) in [5.74, 6) is -0.0482. The molecular formula is C25H28N6O3S. The number of anilines is 2. The average Bonchev–Trinajstić information content (AvgIpc) is 3.37. The van der Waals surface area contributed by atoms with E-state index in [1.165, 1.54) is 0 Å². The Morgan fingerprint density at radius 2 is 1.86 bits per heavy atom. The van der Waals surface area contributed by atoms with Gasteiger partial charge in [-0.15, -0.1) is 0 Å². The second kappa shape index (κ2) is 9.55. The molecule has 2 aliphatic rings. The normalized spacial score (nSPS) is 16.3. The maximum absolute atomic E-state index is 13.2. The fourth-order valence-corrected chi connectivity index (χ4v) is 5.88. The highest BCUT2D eigenvalue weighted by molar-refractivity contribution is 7.92. The summed E-state index contributed by atoms with van der Waals surface area (Å²) in [7, 11) is -1.93. The van der Waals surface area contributed by atoms with E-state index in [4.69, 9.17) is 0 Å². The van der Waals surface area contributed by atoms with Gasteiger partial charge < -0.3 is 9.80 Å². The van der Waals surface area contributed by atoms with Crippen LogP contribution in [0.4, 0.5) is 11.4 Å². The summed E-state index contributed by atoms with van der Waals surface area (Å²) >= 11 is 0. The van der Waals surface area contributed by atoms with Gasteiger partial charge in [-0.3, -0.25) is 19.5 Å². The predicted molar refractivity (Wildman–Crippen MR) is 136 cm³/mol. The minimum atomic E-state index is -3.80. The lowest BCUT2D eigenvalue weighted by molar-refractivity contribution is 0.0628. The molecule has 5 rings (SSSR count). The van der Waals surface area contributed by atoms with Crippen molar-refractivity contribution in [3.63, 3.8) is 0 Å². The molecule has 0 atom stereocenters. The number of hydrogen-bond acceptors (Lipinski definition) is 6. The number of benzene rings is 2. The number of nitrogens with one attached hydrogen (secondary N) is 2. The SMILES string of the molecule is CN1CC=Cc2cccc(S(=O)(=O)Nc3ccc(C(=O)N4CCN(Cc5cn[nH]c5)CC4)cc3)c21. The number of H-pyrrole nitrogens is 1. The number of carbonyl (C=O) groups excluding carboxylic acids is 1. The number of hydrogen-bond donors (Lipinski definition) is 2. The first-order chi connectivity index (χ1) is 16.9. The maximum Gasteiger partial charge on any atom is 0.263 e. The van der Waals surface area contributed by atoms with Gasteiger partial charge in [-0.2, -0.15) is 5.10 Å². The molecule has 0 radical (unpaired) electrons. The Balaban J connectivity index is 1.23. The Hall–Kier alpha value is -3.63. The molecular weight excluding hydrogens is 464 g/mol. The Bertz CT molecular complexity index is 1330. The molecule has 3 aromatic rings. The molecule has 2 aliphatic heterocycles. The van der Waals surface area contributed by atoms with Crippen molar-refractivity contribution < 1.29 is 13.2 Å². The highest BCUT2D eigenvalue weighted by atomic mass is 32.2. The second-order valence-corrected chi connectivity index (χ2v) is 10.5. The third-order valence-electron chi connectivity index (χ3n) is 6.38. The molecule has 0 unspecified atom stereocenters. The summed E-state index contributed by atoms with van der Waals surface area (Å²) in [6.07, 6.45) is 7.64. The topological polar surface area (TPSA) is 102 Å². The van der Waals surface area contributed by atoms with Gasteiger partial charge in [-0.1, -0.05) is 24.3 Å². The fraction of sp³-hybridized carbons (Fsp3) is 0.280. The number of carbonyl (C=O) groups is 1. The van der Waals surface area contributed by atoms with Gasteiger partial charge in [0.05, 0.1) is 11.9 Å². The molecule has 35 heavy (non-hydrogen) atoms. The smallest absolute Gasteiger partial charge is 0.263 e. The number of aromatic amines is 1. The van der Waals surface area contributed by atoms with Crippen molar-refractivity contribution in [3.05, 3.63) is 77.6 Å². The number of para-hydroxylation sites is 1. The van der Waals surface area contributed by atoms with Gasteiger partial charge in [0.25, 0.3) is 15.9 Å². The molecule has 0 spiro atoms. The molecule has 0 aliphatic carbocycles. The standard InChI is InChI=1S/C25H28N6O3S/c1-29-11-3-5-20-4-2-6-23(24(20)29)35(33,34)28-22-9-7-21(8-10-22)25(32)31-14-12-30(13-15-31)18-19-16-26-27-17-19/h2-10,16-17,28H,11-15,18H2,1H3,(H,26,27). The van der Waals surface area contributed by atoms with E-state index in [9.17, 15) is 13.2 Å². The summed E-state index contributed by atoms with van der Waals surface area (Å²) in [6, 6.07) is 11.9. The molecule has 10 heteroatoms. The maximum atomic E-state index is 13.2. The zero-order valence-electron chi connectivity index (χ0n) is 19.5. The average molecular weight is 493 g/mol. The summed E-state index contributed by atoms with van der Waals surface area (Å²) in [4.78, 5) is 19.3. The number of amides is 1. The van der Waals surface area contributed by atoms with Crippen LogP contribution in [0, 0.1) is 0 Å². The van der Waals surface area contributed by atoms with Gasteiger partial charge in [-0.25, -0.2) is 8.42 Å². The van der Waals surface area contributed by atoms with Gasteiger partial charge in [-0.05, 0) is 35.9 Å². The molecule has 1 saturated heterocycles. The summed E-state index contributed by atoms with van der Waals surface area (Å²) in [6.45, 7) is 4.33.